The minimum absolute atomic E-state index is 0.00176. The number of esters is 3. The van der Waals surface area contributed by atoms with Crippen LogP contribution in [-0.4, -0.2) is 283 Å². The van der Waals surface area contributed by atoms with E-state index >= 15 is 8.78 Å². The molecule has 6 fully saturated rings. The number of aliphatic imine (C=N–C) groups is 2. The van der Waals surface area contributed by atoms with Crippen LogP contribution in [0.5, 0.6) is 0 Å². The highest BCUT2D eigenvalue weighted by Crippen LogP contribution is 2.45. The minimum Gasteiger partial charge on any atom is -0.457 e. The maximum absolute atomic E-state index is 17.1. The number of hydrogen-bond acceptors (Lipinski definition) is 35. The second-order valence-electron chi connectivity index (χ2n) is 36.3. The number of fused-ring (bicyclic) bond motifs is 10. The number of aliphatic hydroxyl groups excluding tert-OH is 1. The van der Waals surface area contributed by atoms with Crippen molar-refractivity contribution in [3.8, 4) is 21.4 Å². The number of likely N-dealkylation sites (N-methyl/N-ethyl adjacent to an activating group) is 2. The van der Waals surface area contributed by atoms with Crippen LogP contribution in [0, 0.1) is 35.5 Å². The van der Waals surface area contributed by atoms with E-state index in [2.05, 4.69) is 40.2 Å². The van der Waals surface area contributed by atoms with E-state index in [4.69, 9.17) is 73.2 Å². The first-order chi connectivity index (χ1) is 60.5. The Balaban J connectivity index is 0.000000291. The molecule has 4 aromatic heterocycles. The number of alkyl halides is 2. The van der Waals surface area contributed by atoms with Gasteiger partial charge in [-0.05, 0) is 158 Å². The number of anilines is 2. The molecule has 2 amide bonds. The van der Waals surface area contributed by atoms with E-state index in [1.165, 1.54) is 57.3 Å². The predicted molar refractivity (Wildman–Crippen MR) is 477 cm³/mol. The highest BCUT2D eigenvalue weighted by molar-refractivity contribution is 7.13. The summed E-state index contributed by atoms with van der Waals surface area (Å²) in [4.78, 5) is 139. The Morgan fingerprint density at radius 2 is 0.953 bits per heavy atom. The quantitative estimate of drug-likeness (QED) is 0.0252. The number of ketones is 2. The number of thiazole rings is 2. The van der Waals surface area contributed by atoms with Crippen molar-refractivity contribution in [1.29, 1.82) is 0 Å². The number of carbonyl (C=O) groups is 7. The molecule has 0 aromatic carbocycles. The molecule has 716 valence electrons. The standard InChI is InChI=1S/C46H67FN6O12S.C44H65FN6O11S/c1-13-33-46(10,58)40-26(5)36(51-35(55)14-2)24(3)19-44(8,60-21-29(20-59-40)52-61-22-30-23-66-41(49-30)31-16-15-17-34(48)50-31)39(27(6)38(56)45(9,47)43(57)64-33)65-42-37(63-28(7)54)32(53(11)12)18-25(4)62-42;1-12-31-44(9,56)38-25(5)34(49-33(52)13-2)23(3)18-42(7,58-20-27(19-57-38)50-59-21-28-22-63-39(47-28)29-15-14-16-32(46)48-29)37(26(6)36(54)43(8,45)41(55)61-31)62-40-35(53)30(51(10)11)17-24(4)60-40/h15-17,23-27,32-33,37,39-40,42,58H,13-14,18-22H2,1-12H3,(H2,48,50);14-16,22-26,30-31,35,37-38,40,53,56H,12-13,17-21H2,1-11H3,(H2,46,48)/b;49-34?,50-27+/t24-,25-,26+,27+,32+,33-,37-,39-,40-,42+,44-,45+,46-;23-,24-,25+,26+,30+,31-,35-,37-,38-,40+,42-,43+,44-/m11/s1. The minimum atomic E-state index is -3.26. The Labute approximate surface area is 761 Å². The van der Waals surface area contributed by atoms with Gasteiger partial charge < -0.3 is 98.4 Å². The van der Waals surface area contributed by atoms with E-state index in [9.17, 15) is 48.9 Å². The molecule has 10 heterocycles. The molecule has 7 N–H and O–H groups in total. The lowest BCUT2D eigenvalue weighted by Crippen LogP contribution is -2.62. The fourth-order valence-electron chi connectivity index (χ4n) is 18.1. The molecule has 129 heavy (non-hydrogen) atoms. The van der Waals surface area contributed by atoms with E-state index in [0.717, 1.165) is 13.8 Å². The van der Waals surface area contributed by atoms with E-state index in [-0.39, 0.29) is 89.6 Å². The molecular formula is C90H132F2N12O23S2. The smallest absolute Gasteiger partial charge is 0.351 e. The monoisotopic (exact) mass is 1850 g/mol. The summed E-state index contributed by atoms with van der Waals surface area (Å²) >= 11 is 2.70. The van der Waals surface area contributed by atoms with Crippen molar-refractivity contribution >= 4 is 98.4 Å². The van der Waals surface area contributed by atoms with Gasteiger partial charge in [-0.2, -0.15) is 0 Å². The third-order valence-electron chi connectivity index (χ3n) is 25.0. The van der Waals surface area contributed by atoms with E-state index in [1.807, 2.05) is 65.7 Å². The lowest BCUT2D eigenvalue weighted by atomic mass is 9.73. The number of Topliss-reactive ketones (excluding diaryl/α,β-unsaturated/α-hetero) is 2. The second-order valence-corrected chi connectivity index (χ2v) is 38.0. The summed E-state index contributed by atoms with van der Waals surface area (Å²) in [5.41, 5.74) is 1.25. The van der Waals surface area contributed by atoms with Crippen LogP contribution in [0.1, 0.15) is 194 Å². The van der Waals surface area contributed by atoms with Crippen molar-refractivity contribution in [3.05, 3.63) is 58.5 Å². The lowest BCUT2D eigenvalue weighted by molar-refractivity contribution is -0.299. The van der Waals surface area contributed by atoms with E-state index < -0.39 is 196 Å². The van der Waals surface area contributed by atoms with Gasteiger partial charge in [0.1, 0.15) is 74.0 Å². The number of hydrogen-bond donors (Lipinski definition) is 5. The third kappa shape index (κ3) is 25.0. The average molecular weight is 1850 g/mol. The largest absolute Gasteiger partial charge is 0.457 e. The summed E-state index contributed by atoms with van der Waals surface area (Å²) in [5, 5.41) is 50.3. The number of amides is 2. The molecule has 39 heteroatoms. The molecule has 35 nitrogen and oxygen atoms in total. The van der Waals surface area contributed by atoms with Gasteiger partial charge >= 0.3 is 17.9 Å². The zero-order chi connectivity index (χ0) is 95.5. The molecule has 6 aliphatic rings. The van der Waals surface area contributed by atoms with Gasteiger partial charge in [0.05, 0.1) is 91.7 Å². The van der Waals surface area contributed by atoms with Gasteiger partial charge in [-0.25, -0.2) is 48.3 Å². The topological polar surface area (TPSA) is 460 Å². The SMILES string of the molecule is CCC(=O)N=C1[C@H](C)C[C@@]2(C)OC/C(=N/OCc3csc(-c4cccc(N)n4)n3)CO[C@H]([C@H]1C)[C@](C)(O)[C@@H](CC)OC(=O)[C@@](C)(F)C(=O)[C@H](C)[C@H]2O[C@@H]1O[C@H](C)C[C@H](N(C)C)[C@H]1O.CCC(=O)N=C1[C@H](C)C[C@@]2(C)OCC(=NOCc3csc(-c4cccc(N)n4)n3)CO[C@H]([C@H]1C)[C@](C)(O)[C@@H](CC)OC(=O)[C@@](C)(F)C(=O)[C@H](C)[C@H]2O[C@@H]1O[C@H](C)C[C@H](N(C)C)[C@H]1OC(C)=O. The van der Waals surface area contributed by atoms with Gasteiger partial charge in [-0.3, -0.25) is 24.0 Å². The summed E-state index contributed by atoms with van der Waals surface area (Å²) < 4.78 is 104. The number of carbonyl (C=O) groups excluding carboxylic acids is 7. The molecule has 4 bridgehead atoms. The highest BCUT2D eigenvalue weighted by atomic mass is 32.1. The highest BCUT2D eigenvalue weighted by Gasteiger charge is 2.60. The number of nitrogen functional groups attached to an aromatic ring is 2. The molecule has 4 aromatic rings. The van der Waals surface area contributed by atoms with Gasteiger partial charge in [-0.1, -0.05) is 91.7 Å². The van der Waals surface area contributed by atoms with Crippen molar-refractivity contribution in [2.45, 2.75) is 316 Å². The maximum atomic E-state index is 17.1. The lowest BCUT2D eigenvalue weighted by Gasteiger charge is -2.48. The van der Waals surface area contributed by atoms with Crippen molar-refractivity contribution in [2.24, 2.45) is 55.8 Å². The molecule has 0 unspecified atom stereocenters. The maximum Gasteiger partial charge on any atom is 0.351 e. The number of halogens is 2. The fraction of sp³-hybridized carbons (Fsp3) is 0.700. The number of oxime groups is 2. The normalized spacial score (nSPS) is 36.9. The Morgan fingerprint density at radius 1 is 0.566 bits per heavy atom. The van der Waals surface area contributed by atoms with Gasteiger partial charge in [0.15, 0.2) is 43.5 Å². The summed E-state index contributed by atoms with van der Waals surface area (Å²) in [7, 11) is 7.28. The number of rotatable bonds is 19. The van der Waals surface area contributed by atoms with Crippen LogP contribution in [0.2, 0.25) is 0 Å². The first-order valence-corrected chi connectivity index (χ1v) is 45.8. The van der Waals surface area contributed by atoms with Crippen LogP contribution in [0.25, 0.3) is 21.4 Å². The van der Waals surface area contributed by atoms with Crippen LogP contribution in [-0.2, 0) is 109 Å². The Hall–Kier alpha value is -8.13. The Bertz CT molecular complexity index is 4680. The second kappa shape index (κ2) is 44.1. The van der Waals surface area contributed by atoms with Gasteiger partial charge in [-0.15, -0.1) is 22.7 Å². The van der Waals surface area contributed by atoms with Crippen LogP contribution in [0.15, 0.2) is 67.5 Å². The Kier molecular flexibility index (Phi) is 35.8. The predicted octanol–water partition coefficient (Wildman–Crippen LogP) is 9.98. The van der Waals surface area contributed by atoms with Crippen LogP contribution >= 0.6 is 22.7 Å². The summed E-state index contributed by atoms with van der Waals surface area (Å²) in [6.45, 7) is 27.8. The Morgan fingerprint density at radius 3 is 1.33 bits per heavy atom. The van der Waals surface area contributed by atoms with E-state index in [1.54, 1.807) is 103 Å². The van der Waals surface area contributed by atoms with Gasteiger partial charge in [0.2, 0.25) is 11.8 Å². The van der Waals surface area contributed by atoms with Crippen molar-refractivity contribution in [1.82, 2.24) is 29.7 Å². The fourth-order valence-corrected chi connectivity index (χ4v) is 19.7. The number of cyclic esters (lactones) is 2. The van der Waals surface area contributed by atoms with Crippen LogP contribution in [0.4, 0.5) is 20.4 Å². The molecule has 10 rings (SSSR count). The zero-order valence-electron chi connectivity index (χ0n) is 78.3. The zero-order valence-corrected chi connectivity index (χ0v) is 79.9. The molecule has 6 saturated heterocycles. The summed E-state index contributed by atoms with van der Waals surface area (Å²) in [6.07, 6.45) is -12.9. The number of nitrogens with two attached hydrogens (primary N) is 2. The van der Waals surface area contributed by atoms with Crippen molar-refractivity contribution in [2.75, 3.05) is 66.1 Å². The molecule has 0 spiro atoms. The summed E-state index contributed by atoms with van der Waals surface area (Å²) in [5.74, 6) is -12.1. The molecule has 0 aliphatic carbocycles. The number of nitrogens with zero attached hydrogens (tertiary/aromatic N) is 10. The molecular weight excluding hydrogens is 1720 g/mol. The third-order valence-corrected chi connectivity index (χ3v) is 26.8. The van der Waals surface area contributed by atoms with Crippen LogP contribution in [0.3, 0.4) is 0 Å². The molecule has 6 aliphatic heterocycles. The van der Waals surface area contributed by atoms with Crippen LogP contribution < -0.4 is 11.5 Å². The van der Waals surface area contributed by atoms with Crippen molar-refractivity contribution in [3.63, 3.8) is 0 Å². The van der Waals surface area contributed by atoms with Crippen molar-refractivity contribution < 1.29 is 119 Å². The van der Waals surface area contributed by atoms with Gasteiger partial charge in [0.25, 0.3) is 11.3 Å². The number of aromatic nitrogens is 4. The number of pyridine rings is 2. The molecule has 0 radical (unpaired) electrons. The molecule has 0 saturated carbocycles. The molecule has 26 atom stereocenters. The number of aliphatic hydroxyl groups is 3. The number of ether oxygens (including phenoxy) is 11. The average Bonchev–Trinajstić information content (AvgIpc) is 1.46. The van der Waals surface area contributed by atoms with Gasteiger partial charge in [0, 0.05) is 71.7 Å². The van der Waals surface area contributed by atoms with E-state index in [0.29, 0.717) is 68.7 Å². The first-order valence-electron chi connectivity index (χ1n) is 44.0. The summed E-state index contributed by atoms with van der Waals surface area (Å²) in [6, 6.07) is 9.68. The first kappa shape index (κ1) is 105.